The second-order valence-corrected chi connectivity index (χ2v) is 5.82. The van der Waals surface area contributed by atoms with Crippen LogP contribution in [0.3, 0.4) is 0 Å². The molecule has 2 heteroatoms. The molecule has 20 heavy (non-hydrogen) atoms. The number of rotatable bonds is 15. The molecule has 0 aliphatic rings. The molecule has 0 rings (SSSR count). The summed E-state index contributed by atoms with van der Waals surface area (Å²) in [5.74, 6) is 0. The summed E-state index contributed by atoms with van der Waals surface area (Å²) in [5.41, 5.74) is 5.54. The molecule has 0 aliphatic heterocycles. The van der Waals surface area contributed by atoms with E-state index in [1.807, 2.05) is 0 Å². The minimum Gasteiger partial charge on any atom is -0.322 e. The average molecular weight is 281 g/mol. The van der Waals surface area contributed by atoms with Gasteiger partial charge in [-0.15, -0.1) is 0 Å². The van der Waals surface area contributed by atoms with Gasteiger partial charge in [0.1, 0.15) is 6.29 Å². The molecular formula is C18H35NO. The summed E-state index contributed by atoms with van der Waals surface area (Å²) >= 11 is 0. The van der Waals surface area contributed by atoms with Crippen LogP contribution in [0.4, 0.5) is 0 Å². The van der Waals surface area contributed by atoms with Crippen LogP contribution in [0, 0.1) is 0 Å². The highest BCUT2D eigenvalue weighted by atomic mass is 16.1. The first kappa shape index (κ1) is 19.4. The predicted molar refractivity (Wildman–Crippen MR) is 88.9 cm³/mol. The third kappa shape index (κ3) is 15.4. The number of carbonyl (C=O) groups is 1. The Kier molecular flexibility index (Phi) is 15.9. The first-order valence-corrected chi connectivity index (χ1v) is 8.67. The van der Waals surface area contributed by atoms with Gasteiger partial charge in [0.05, 0.1) is 6.04 Å². The van der Waals surface area contributed by atoms with Crippen molar-refractivity contribution in [3.63, 3.8) is 0 Å². The quantitative estimate of drug-likeness (QED) is 0.256. The monoisotopic (exact) mass is 281 g/mol. The van der Waals surface area contributed by atoms with E-state index in [1.54, 1.807) is 0 Å². The van der Waals surface area contributed by atoms with Gasteiger partial charge in [-0.05, 0) is 32.1 Å². The third-order valence-electron chi connectivity index (χ3n) is 3.72. The fourth-order valence-corrected chi connectivity index (χ4v) is 2.34. The molecule has 0 aromatic heterocycles. The number of allylic oxidation sites excluding steroid dienone is 2. The number of unbranched alkanes of at least 4 members (excludes halogenated alkanes) is 10. The Bertz CT molecular complexity index is 225. The zero-order valence-electron chi connectivity index (χ0n) is 13.5. The lowest BCUT2D eigenvalue weighted by molar-refractivity contribution is -0.109. The highest BCUT2D eigenvalue weighted by molar-refractivity contribution is 5.56. The zero-order valence-corrected chi connectivity index (χ0v) is 13.5. The molecule has 1 atom stereocenters. The SMILES string of the molecule is CCCCCCCC/C=C\CCCCCCC(N)C=O. The first-order chi connectivity index (χ1) is 9.81. The number of hydrogen-bond donors (Lipinski definition) is 1. The maximum Gasteiger partial charge on any atom is 0.136 e. The normalized spacial score (nSPS) is 12.9. The van der Waals surface area contributed by atoms with Crippen molar-refractivity contribution in [2.45, 2.75) is 96.4 Å². The van der Waals surface area contributed by atoms with Crippen molar-refractivity contribution in [1.29, 1.82) is 0 Å². The zero-order chi connectivity index (χ0) is 14.9. The minimum absolute atomic E-state index is 0.243. The van der Waals surface area contributed by atoms with Crippen LogP contribution in [0.2, 0.25) is 0 Å². The lowest BCUT2D eigenvalue weighted by Crippen LogP contribution is -2.20. The van der Waals surface area contributed by atoms with Gasteiger partial charge in [0.15, 0.2) is 0 Å². The Morgan fingerprint density at radius 2 is 1.30 bits per heavy atom. The van der Waals surface area contributed by atoms with Gasteiger partial charge in [-0.3, -0.25) is 0 Å². The van der Waals surface area contributed by atoms with Gasteiger partial charge in [-0.25, -0.2) is 0 Å². The van der Waals surface area contributed by atoms with Crippen LogP contribution in [0.1, 0.15) is 90.4 Å². The summed E-state index contributed by atoms with van der Waals surface area (Å²) in [7, 11) is 0. The second kappa shape index (κ2) is 16.4. The second-order valence-electron chi connectivity index (χ2n) is 5.82. The van der Waals surface area contributed by atoms with Crippen LogP contribution in [0.25, 0.3) is 0 Å². The molecule has 0 fully saturated rings. The molecule has 0 bridgehead atoms. The number of nitrogens with two attached hydrogens (primary N) is 1. The van der Waals surface area contributed by atoms with E-state index in [2.05, 4.69) is 19.1 Å². The van der Waals surface area contributed by atoms with E-state index < -0.39 is 0 Å². The van der Waals surface area contributed by atoms with Crippen molar-refractivity contribution in [3.8, 4) is 0 Å². The van der Waals surface area contributed by atoms with E-state index in [0.29, 0.717) is 0 Å². The van der Waals surface area contributed by atoms with Crippen LogP contribution < -0.4 is 5.73 Å². The van der Waals surface area contributed by atoms with Crippen LogP contribution in [-0.4, -0.2) is 12.3 Å². The molecule has 0 aromatic carbocycles. The van der Waals surface area contributed by atoms with Crippen molar-refractivity contribution < 1.29 is 4.79 Å². The Labute approximate surface area is 126 Å². The Morgan fingerprint density at radius 1 is 0.800 bits per heavy atom. The van der Waals surface area contributed by atoms with Crippen molar-refractivity contribution >= 4 is 6.29 Å². The molecule has 0 heterocycles. The average Bonchev–Trinajstić information content (AvgIpc) is 2.47. The maximum absolute atomic E-state index is 10.3. The van der Waals surface area contributed by atoms with Gasteiger partial charge in [0, 0.05) is 0 Å². The predicted octanol–water partition coefficient (Wildman–Crippen LogP) is 5.16. The summed E-state index contributed by atoms with van der Waals surface area (Å²) in [6.45, 7) is 2.26. The minimum atomic E-state index is -0.243. The van der Waals surface area contributed by atoms with Crippen molar-refractivity contribution in [2.75, 3.05) is 0 Å². The third-order valence-corrected chi connectivity index (χ3v) is 3.72. The standard InChI is InChI=1S/C18H35NO/c1-2-3-4-5-6-7-8-9-10-11-12-13-14-15-16-18(19)17-20/h9-10,17-18H,2-8,11-16,19H2,1H3/b10-9-. The van der Waals surface area contributed by atoms with Crippen LogP contribution in [0.5, 0.6) is 0 Å². The molecular weight excluding hydrogens is 246 g/mol. The molecule has 2 N–H and O–H groups in total. The van der Waals surface area contributed by atoms with Crippen molar-refractivity contribution in [3.05, 3.63) is 12.2 Å². The van der Waals surface area contributed by atoms with Crippen LogP contribution in [-0.2, 0) is 4.79 Å². The molecule has 118 valence electrons. The molecule has 0 spiro atoms. The lowest BCUT2D eigenvalue weighted by Gasteiger charge is -2.02. The summed E-state index contributed by atoms with van der Waals surface area (Å²) in [6.07, 6.45) is 21.9. The van der Waals surface area contributed by atoms with Crippen molar-refractivity contribution in [1.82, 2.24) is 0 Å². The fraction of sp³-hybridized carbons (Fsp3) is 0.833. The van der Waals surface area contributed by atoms with Crippen LogP contribution >= 0.6 is 0 Å². The highest BCUT2D eigenvalue weighted by Crippen LogP contribution is 2.09. The van der Waals surface area contributed by atoms with Gasteiger partial charge in [0.25, 0.3) is 0 Å². The molecule has 0 aromatic rings. The summed E-state index contributed by atoms with van der Waals surface area (Å²) in [4.78, 5) is 10.3. The number of carbonyl (C=O) groups excluding carboxylic acids is 1. The highest BCUT2D eigenvalue weighted by Gasteiger charge is 1.98. The molecule has 0 aliphatic carbocycles. The van der Waals surface area contributed by atoms with Gasteiger partial charge in [-0.2, -0.15) is 0 Å². The maximum atomic E-state index is 10.3. The van der Waals surface area contributed by atoms with E-state index in [9.17, 15) is 4.79 Å². The Balaban J connectivity index is 3.10. The van der Waals surface area contributed by atoms with Gasteiger partial charge >= 0.3 is 0 Å². The lowest BCUT2D eigenvalue weighted by atomic mass is 10.1. The van der Waals surface area contributed by atoms with Crippen LogP contribution in [0.15, 0.2) is 12.2 Å². The Hall–Kier alpha value is -0.630. The summed E-state index contributed by atoms with van der Waals surface area (Å²) < 4.78 is 0. The molecule has 0 amide bonds. The van der Waals surface area contributed by atoms with E-state index in [4.69, 9.17) is 5.73 Å². The molecule has 2 nitrogen and oxygen atoms in total. The molecule has 1 unspecified atom stereocenters. The topological polar surface area (TPSA) is 43.1 Å². The summed E-state index contributed by atoms with van der Waals surface area (Å²) in [5, 5.41) is 0. The van der Waals surface area contributed by atoms with Gasteiger partial charge in [-0.1, -0.05) is 70.4 Å². The van der Waals surface area contributed by atoms with E-state index in [-0.39, 0.29) is 6.04 Å². The number of hydrogen-bond acceptors (Lipinski definition) is 2. The largest absolute Gasteiger partial charge is 0.322 e. The van der Waals surface area contributed by atoms with Crippen molar-refractivity contribution in [2.24, 2.45) is 5.73 Å². The smallest absolute Gasteiger partial charge is 0.136 e. The van der Waals surface area contributed by atoms with E-state index in [0.717, 1.165) is 19.1 Å². The Morgan fingerprint density at radius 3 is 1.85 bits per heavy atom. The first-order valence-electron chi connectivity index (χ1n) is 8.67. The van der Waals surface area contributed by atoms with E-state index in [1.165, 1.54) is 70.6 Å². The van der Waals surface area contributed by atoms with E-state index >= 15 is 0 Å². The molecule has 0 saturated carbocycles. The number of aldehydes is 1. The molecule has 0 saturated heterocycles. The van der Waals surface area contributed by atoms with Gasteiger partial charge < -0.3 is 10.5 Å². The fourth-order valence-electron chi connectivity index (χ4n) is 2.34. The van der Waals surface area contributed by atoms with Gasteiger partial charge in [0.2, 0.25) is 0 Å². The summed E-state index contributed by atoms with van der Waals surface area (Å²) in [6, 6.07) is -0.243. The molecule has 0 radical (unpaired) electrons.